The fourth-order valence-electron chi connectivity index (χ4n) is 1.10. The Morgan fingerprint density at radius 1 is 1.44 bits per heavy atom. The molecule has 0 aliphatic heterocycles. The van der Waals surface area contributed by atoms with Crippen molar-refractivity contribution in [2.75, 3.05) is 5.32 Å². The summed E-state index contributed by atoms with van der Waals surface area (Å²) in [5.41, 5.74) is 1.59. The highest BCUT2D eigenvalue weighted by Crippen LogP contribution is 2.16. The number of aromatic nitrogens is 3. The van der Waals surface area contributed by atoms with E-state index in [0.29, 0.717) is 5.69 Å². The van der Waals surface area contributed by atoms with Gasteiger partial charge in [-0.25, -0.2) is 0 Å². The van der Waals surface area contributed by atoms with Crippen LogP contribution in [0.4, 0.5) is 5.69 Å². The molecule has 0 fully saturated rings. The minimum Gasteiger partial charge on any atom is -0.318 e. The van der Waals surface area contributed by atoms with Crippen LogP contribution in [0, 0.1) is 6.92 Å². The maximum Gasteiger partial charge on any atom is 0.286 e. The molecule has 2 aromatic rings. The third kappa shape index (κ3) is 2.53. The van der Waals surface area contributed by atoms with Gasteiger partial charge in [0.25, 0.3) is 5.91 Å². The Morgan fingerprint density at radius 3 is 2.88 bits per heavy atom. The number of carbonyl (C=O) groups excluding carboxylic acids is 1. The molecule has 0 radical (unpaired) electrons. The zero-order chi connectivity index (χ0) is 11.5. The van der Waals surface area contributed by atoms with Gasteiger partial charge in [0.1, 0.15) is 0 Å². The molecule has 0 unspecified atom stereocenters. The number of hydrogen-bond acceptors (Lipinski definition) is 5. The van der Waals surface area contributed by atoms with Gasteiger partial charge in [-0.1, -0.05) is 11.3 Å². The number of carbonyl (C=O) groups is 1. The molecule has 0 saturated heterocycles. The SMILES string of the molecule is Cc1cncc(NC(=O)c2nnc(Cl)s2)c1. The van der Waals surface area contributed by atoms with Crippen LogP contribution < -0.4 is 5.32 Å². The van der Waals surface area contributed by atoms with Crippen LogP contribution in [0.1, 0.15) is 15.4 Å². The summed E-state index contributed by atoms with van der Waals surface area (Å²) in [6, 6.07) is 1.81. The standard InChI is InChI=1S/C9H7ClN4OS/c1-5-2-6(4-11-3-5)12-7(15)8-13-14-9(10)16-8/h2-4H,1H3,(H,12,15). The first-order valence-electron chi connectivity index (χ1n) is 4.37. The van der Waals surface area contributed by atoms with Crippen molar-refractivity contribution in [3.63, 3.8) is 0 Å². The number of hydrogen-bond donors (Lipinski definition) is 1. The Morgan fingerprint density at radius 2 is 2.25 bits per heavy atom. The summed E-state index contributed by atoms with van der Waals surface area (Å²) < 4.78 is 0.243. The highest BCUT2D eigenvalue weighted by atomic mass is 35.5. The molecule has 0 aromatic carbocycles. The quantitative estimate of drug-likeness (QED) is 0.892. The molecule has 0 atom stereocenters. The molecule has 0 bridgehead atoms. The molecule has 7 heteroatoms. The van der Waals surface area contributed by atoms with Crippen LogP contribution in [0.3, 0.4) is 0 Å². The second kappa shape index (κ2) is 4.54. The number of amides is 1. The molecule has 0 saturated carbocycles. The number of nitrogens with zero attached hydrogens (tertiary/aromatic N) is 3. The van der Waals surface area contributed by atoms with Gasteiger partial charge in [-0.15, -0.1) is 10.2 Å². The first-order valence-corrected chi connectivity index (χ1v) is 5.56. The van der Waals surface area contributed by atoms with E-state index in [1.807, 2.05) is 13.0 Å². The van der Waals surface area contributed by atoms with Crippen LogP contribution in [0.25, 0.3) is 0 Å². The van der Waals surface area contributed by atoms with Crippen molar-refractivity contribution < 1.29 is 4.79 Å². The number of aryl methyl sites for hydroxylation is 1. The van der Waals surface area contributed by atoms with Gasteiger partial charge in [0.15, 0.2) is 0 Å². The smallest absolute Gasteiger partial charge is 0.286 e. The van der Waals surface area contributed by atoms with E-state index in [4.69, 9.17) is 11.6 Å². The van der Waals surface area contributed by atoms with Crippen molar-refractivity contribution in [3.05, 3.63) is 33.5 Å². The molecule has 0 spiro atoms. The van der Waals surface area contributed by atoms with Gasteiger partial charge in [-0.2, -0.15) is 0 Å². The molecule has 2 heterocycles. The average molecular weight is 255 g/mol. The fraction of sp³-hybridized carbons (Fsp3) is 0.111. The van der Waals surface area contributed by atoms with Gasteiger partial charge in [-0.05, 0) is 30.2 Å². The summed E-state index contributed by atoms with van der Waals surface area (Å²) in [4.78, 5) is 15.6. The van der Waals surface area contributed by atoms with Crippen LogP contribution in [-0.2, 0) is 0 Å². The number of halogens is 1. The molecule has 5 nitrogen and oxygen atoms in total. The van der Waals surface area contributed by atoms with E-state index in [1.54, 1.807) is 12.4 Å². The minimum atomic E-state index is -0.336. The van der Waals surface area contributed by atoms with E-state index in [1.165, 1.54) is 0 Å². The van der Waals surface area contributed by atoms with Gasteiger partial charge in [0.05, 0.1) is 11.9 Å². The first kappa shape index (κ1) is 11.0. The lowest BCUT2D eigenvalue weighted by Crippen LogP contribution is -2.11. The largest absolute Gasteiger partial charge is 0.318 e. The second-order valence-electron chi connectivity index (χ2n) is 3.07. The van der Waals surface area contributed by atoms with Crippen molar-refractivity contribution in [1.82, 2.24) is 15.2 Å². The number of nitrogens with one attached hydrogen (secondary N) is 1. The van der Waals surface area contributed by atoms with Gasteiger partial charge in [0, 0.05) is 6.20 Å². The van der Waals surface area contributed by atoms with Crippen molar-refractivity contribution in [3.8, 4) is 0 Å². The number of rotatable bonds is 2. The van der Waals surface area contributed by atoms with Crippen LogP contribution in [0.2, 0.25) is 4.47 Å². The molecular weight excluding hydrogens is 248 g/mol. The van der Waals surface area contributed by atoms with Crippen LogP contribution in [-0.4, -0.2) is 21.1 Å². The summed E-state index contributed by atoms with van der Waals surface area (Å²) in [6.45, 7) is 1.89. The summed E-state index contributed by atoms with van der Waals surface area (Å²) in [7, 11) is 0. The van der Waals surface area contributed by atoms with Crippen LogP contribution in [0.15, 0.2) is 18.5 Å². The van der Waals surface area contributed by atoms with E-state index in [9.17, 15) is 4.79 Å². The maximum atomic E-state index is 11.6. The predicted molar refractivity (Wildman–Crippen MR) is 61.8 cm³/mol. The van der Waals surface area contributed by atoms with E-state index in [-0.39, 0.29) is 15.4 Å². The third-order valence-corrected chi connectivity index (χ3v) is 2.74. The Bertz CT molecular complexity index is 528. The highest BCUT2D eigenvalue weighted by Gasteiger charge is 2.12. The van der Waals surface area contributed by atoms with E-state index >= 15 is 0 Å². The van der Waals surface area contributed by atoms with Gasteiger partial charge < -0.3 is 5.32 Å². The molecule has 1 amide bonds. The molecule has 16 heavy (non-hydrogen) atoms. The molecule has 2 rings (SSSR count). The lowest BCUT2D eigenvalue weighted by molar-refractivity contribution is 0.102. The normalized spacial score (nSPS) is 10.1. The molecule has 1 N–H and O–H groups in total. The predicted octanol–water partition coefficient (Wildman–Crippen LogP) is 2.15. The molecular formula is C9H7ClN4OS. The monoisotopic (exact) mass is 254 g/mol. The molecule has 2 aromatic heterocycles. The summed E-state index contributed by atoms with van der Waals surface area (Å²) >= 11 is 6.62. The minimum absolute atomic E-state index is 0.228. The second-order valence-corrected chi connectivity index (χ2v) is 4.62. The molecule has 0 aliphatic rings. The Labute approximate surface area is 101 Å². The van der Waals surface area contributed by atoms with Crippen molar-refractivity contribution >= 4 is 34.5 Å². The van der Waals surface area contributed by atoms with Crippen molar-refractivity contribution in [1.29, 1.82) is 0 Å². The summed E-state index contributed by atoms with van der Waals surface area (Å²) in [6.07, 6.45) is 3.27. The topological polar surface area (TPSA) is 67.8 Å². The van der Waals surface area contributed by atoms with Crippen molar-refractivity contribution in [2.24, 2.45) is 0 Å². The Hall–Kier alpha value is -1.53. The van der Waals surface area contributed by atoms with Crippen LogP contribution >= 0.6 is 22.9 Å². The van der Waals surface area contributed by atoms with E-state index < -0.39 is 0 Å². The van der Waals surface area contributed by atoms with E-state index in [0.717, 1.165) is 16.9 Å². The van der Waals surface area contributed by atoms with Gasteiger partial charge in [0.2, 0.25) is 9.47 Å². The zero-order valence-electron chi connectivity index (χ0n) is 8.27. The zero-order valence-corrected chi connectivity index (χ0v) is 9.84. The lowest BCUT2D eigenvalue weighted by Gasteiger charge is -2.02. The third-order valence-electron chi connectivity index (χ3n) is 1.73. The van der Waals surface area contributed by atoms with Gasteiger partial charge in [-0.3, -0.25) is 9.78 Å². The Kier molecular flexibility index (Phi) is 3.12. The van der Waals surface area contributed by atoms with Crippen LogP contribution in [0.5, 0.6) is 0 Å². The van der Waals surface area contributed by atoms with Crippen molar-refractivity contribution in [2.45, 2.75) is 6.92 Å². The van der Waals surface area contributed by atoms with E-state index in [2.05, 4.69) is 20.5 Å². The average Bonchev–Trinajstić information content (AvgIpc) is 2.65. The summed E-state index contributed by atoms with van der Waals surface area (Å²) in [5.74, 6) is -0.336. The first-order chi connectivity index (χ1) is 7.65. The highest BCUT2D eigenvalue weighted by molar-refractivity contribution is 7.17. The molecule has 82 valence electrons. The van der Waals surface area contributed by atoms with Gasteiger partial charge >= 0.3 is 0 Å². The Balaban J connectivity index is 2.13. The number of anilines is 1. The summed E-state index contributed by atoms with van der Waals surface area (Å²) in [5, 5.41) is 10.1. The molecule has 0 aliphatic carbocycles. The number of pyridine rings is 1. The maximum absolute atomic E-state index is 11.6. The lowest BCUT2D eigenvalue weighted by atomic mass is 10.3. The fourth-order valence-corrected chi connectivity index (χ4v) is 1.83.